The first-order valence-corrected chi connectivity index (χ1v) is 9.59. The van der Waals surface area contributed by atoms with Crippen molar-refractivity contribution < 1.29 is 14.3 Å². The monoisotopic (exact) mass is 336 g/mol. The van der Waals surface area contributed by atoms with Gasteiger partial charge < -0.3 is 14.8 Å². The van der Waals surface area contributed by atoms with Crippen LogP contribution in [0.15, 0.2) is 5.38 Å². The molecule has 1 aliphatic heterocycles. The van der Waals surface area contributed by atoms with Gasteiger partial charge in [0.15, 0.2) is 5.69 Å². The Hall–Kier alpha value is -0.980. The highest BCUT2D eigenvalue weighted by Crippen LogP contribution is 2.62. The second-order valence-corrected chi connectivity index (χ2v) is 7.80. The van der Waals surface area contributed by atoms with Gasteiger partial charge in [0.05, 0.1) is 17.7 Å². The van der Waals surface area contributed by atoms with Crippen molar-refractivity contribution in [2.45, 2.75) is 51.2 Å². The molecule has 3 aliphatic rings. The van der Waals surface area contributed by atoms with Gasteiger partial charge in [0.2, 0.25) is 0 Å². The molecule has 2 saturated carbocycles. The minimum Gasteiger partial charge on any atom is -0.461 e. The Labute approximate surface area is 140 Å². The first-order valence-electron chi connectivity index (χ1n) is 8.71. The number of rotatable bonds is 6. The fourth-order valence-electron chi connectivity index (χ4n) is 4.62. The zero-order valence-electron chi connectivity index (χ0n) is 13.5. The van der Waals surface area contributed by atoms with Crippen molar-refractivity contribution in [1.82, 2.24) is 10.3 Å². The van der Waals surface area contributed by atoms with E-state index < -0.39 is 0 Å². The second-order valence-electron chi connectivity index (χ2n) is 6.86. The predicted octanol–water partition coefficient (Wildman–Crippen LogP) is 2.41. The fraction of sp³-hybridized carbons (Fsp3) is 0.765. The van der Waals surface area contributed by atoms with Crippen LogP contribution in [0.3, 0.4) is 0 Å². The van der Waals surface area contributed by atoms with Gasteiger partial charge in [0, 0.05) is 42.3 Å². The van der Waals surface area contributed by atoms with Crippen LogP contribution < -0.4 is 5.32 Å². The average molecular weight is 336 g/mol. The van der Waals surface area contributed by atoms with Gasteiger partial charge in [0.1, 0.15) is 0 Å². The Morgan fingerprint density at radius 3 is 3.17 bits per heavy atom. The number of fused-ring (bicyclic) bond motifs is 2. The number of hydrogen-bond acceptors (Lipinski definition) is 6. The van der Waals surface area contributed by atoms with Crippen molar-refractivity contribution in [2.24, 2.45) is 11.3 Å². The smallest absolute Gasteiger partial charge is 0.357 e. The van der Waals surface area contributed by atoms with Crippen LogP contribution in [-0.4, -0.2) is 42.9 Å². The van der Waals surface area contributed by atoms with Gasteiger partial charge in [0.25, 0.3) is 0 Å². The molecule has 3 fully saturated rings. The zero-order valence-corrected chi connectivity index (χ0v) is 14.4. The van der Waals surface area contributed by atoms with Crippen LogP contribution in [0.25, 0.3) is 0 Å². The third kappa shape index (κ3) is 2.51. The van der Waals surface area contributed by atoms with E-state index in [0.717, 1.165) is 24.6 Å². The van der Waals surface area contributed by atoms with E-state index in [1.54, 1.807) is 16.7 Å². The summed E-state index contributed by atoms with van der Waals surface area (Å²) in [6.45, 7) is 4.06. The maximum Gasteiger partial charge on any atom is 0.357 e. The van der Waals surface area contributed by atoms with E-state index in [0.29, 0.717) is 35.8 Å². The molecule has 0 aromatic carbocycles. The first-order chi connectivity index (χ1) is 11.2. The summed E-state index contributed by atoms with van der Waals surface area (Å²) >= 11 is 1.54. The summed E-state index contributed by atoms with van der Waals surface area (Å²) in [5.41, 5.74) is 0.871. The van der Waals surface area contributed by atoms with Crippen LogP contribution in [0.5, 0.6) is 0 Å². The van der Waals surface area contributed by atoms with Gasteiger partial charge in [-0.05, 0) is 26.2 Å². The summed E-state index contributed by atoms with van der Waals surface area (Å²) in [7, 11) is 0. The molecule has 126 valence electrons. The Morgan fingerprint density at radius 2 is 2.43 bits per heavy atom. The average Bonchev–Trinajstić information content (AvgIpc) is 3.10. The SMILES string of the molecule is CCOC(=O)c1csc(CCNC2[C@H]3CCO[C@H]3C23CCC3)n1. The molecule has 1 spiro atoms. The highest BCUT2D eigenvalue weighted by atomic mass is 32.1. The van der Waals surface area contributed by atoms with Crippen LogP contribution in [-0.2, 0) is 15.9 Å². The van der Waals surface area contributed by atoms with Crippen LogP contribution in [0, 0.1) is 11.3 Å². The zero-order chi connectivity index (χ0) is 15.9. The van der Waals surface area contributed by atoms with E-state index in [1.807, 2.05) is 6.92 Å². The Bertz CT molecular complexity index is 584. The number of nitrogens with one attached hydrogen (secondary N) is 1. The summed E-state index contributed by atoms with van der Waals surface area (Å²) < 4.78 is 10.9. The molecule has 2 aliphatic carbocycles. The fourth-order valence-corrected chi connectivity index (χ4v) is 5.39. The molecule has 1 N–H and O–H groups in total. The number of esters is 1. The molecule has 5 nitrogen and oxygen atoms in total. The number of aromatic nitrogens is 1. The highest BCUT2D eigenvalue weighted by molar-refractivity contribution is 7.09. The molecule has 6 heteroatoms. The summed E-state index contributed by atoms with van der Waals surface area (Å²) in [6.07, 6.45) is 6.57. The van der Waals surface area contributed by atoms with Crippen LogP contribution in [0.4, 0.5) is 0 Å². The quantitative estimate of drug-likeness (QED) is 0.809. The lowest BCUT2D eigenvalue weighted by molar-refractivity contribution is -0.175. The first kappa shape index (κ1) is 15.5. The number of carbonyl (C=O) groups excluding carboxylic acids is 1. The third-order valence-corrected chi connectivity index (χ3v) is 6.68. The lowest BCUT2D eigenvalue weighted by Gasteiger charge is -2.63. The number of thiazole rings is 1. The molecular formula is C17H24N2O3S. The molecular weight excluding hydrogens is 312 g/mol. The van der Waals surface area contributed by atoms with E-state index in [9.17, 15) is 4.79 Å². The van der Waals surface area contributed by atoms with E-state index in [2.05, 4.69) is 10.3 Å². The van der Waals surface area contributed by atoms with Gasteiger partial charge in [-0.1, -0.05) is 6.42 Å². The van der Waals surface area contributed by atoms with Crippen molar-refractivity contribution in [3.63, 3.8) is 0 Å². The largest absolute Gasteiger partial charge is 0.461 e. The molecule has 1 aromatic heterocycles. The molecule has 3 atom stereocenters. The minimum atomic E-state index is -0.318. The van der Waals surface area contributed by atoms with E-state index >= 15 is 0 Å². The summed E-state index contributed by atoms with van der Waals surface area (Å²) in [4.78, 5) is 16.0. The van der Waals surface area contributed by atoms with Crippen LogP contribution in [0.1, 0.15) is 48.1 Å². The van der Waals surface area contributed by atoms with Gasteiger partial charge in [-0.3, -0.25) is 0 Å². The molecule has 0 radical (unpaired) electrons. The van der Waals surface area contributed by atoms with Crippen molar-refractivity contribution in [3.8, 4) is 0 Å². The highest BCUT2D eigenvalue weighted by Gasteiger charge is 2.66. The number of hydrogen-bond donors (Lipinski definition) is 1. The van der Waals surface area contributed by atoms with Crippen molar-refractivity contribution in [3.05, 3.63) is 16.1 Å². The van der Waals surface area contributed by atoms with Gasteiger partial charge in [-0.25, -0.2) is 9.78 Å². The lowest BCUT2D eigenvalue weighted by Crippen LogP contribution is -2.71. The van der Waals surface area contributed by atoms with Gasteiger partial charge in [-0.15, -0.1) is 11.3 Å². The van der Waals surface area contributed by atoms with Gasteiger partial charge in [-0.2, -0.15) is 0 Å². The molecule has 0 bridgehead atoms. The minimum absolute atomic E-state index is 0.318. The summed E-state index contributed by atoms with van der Waals surface area (Å²) in [5, 5.41) is 6.56. The van der Waals surface area contributed by atoms with Crippen LogP contribution >= 0.6 is 11.3 Å². The predicted molar refractivity (Wildman–Crippen MR) is 87.7 cm³/mol. The second kappa shape index (κ2) is 6.15. The number of nitrogens with zero attached hydrogens (tertiary/aromatic N) is 1. The molecule has 23 heavy (non-hydrogen) atoms. The van der Waals surface area contributed by atoms with Crippen molar-refractivity contribution in [2.75, 3.05) is 19.8 Å². The van der Waals surface area contributed by atoms with E-state index in [4.69, 9.17) is 9.47 Å². The van der Waals surface area contributed by atoms with Crippen molar-refractivity contribution in [1.29, 1.82) is 0 Å². The molecule has 2 heterocycles. The molecule has 1 saturated heterocycles. The molecule has 1 unspecified atom stereocenters. The maximum atomic E-state index is 11.6. The molecule has 1 aromatic rings. The topological polar surface area (TPSA) is 60.5 Å². The number of carbonyl (C=O) groups is 1. The number of ether oxygens (including phenoxy) is 2. The normalized spacial score (nSPS) is 30.6. The van der Waals surface area contributed by atoms with Gasteiger partial charge >= 0.3 is 5.97 Å². The Morgan fingerprint density at radius 1 is 1.57 bits per heavy atom. The van der Waals surface area contributed by atoms with E-state index in [1.165, 1.54) is 25.7 Å². The van der Waals surface area contributed by atoms with Crippen molar-refractivity contribution >= 4 is 17.3 Å². The maximum absolute atomic E-state index is 11.6. The molecule has 0 amide bonds. The van der Waals surface area contributed by atoms with E-state index in [-0.39, 0.29) is 5.97 Å². The Kier molecular flexibility index (Phi) is 4.15. The lowest BCUT2D eigenvalue weighted by atomic mass is 9.46. The third-order valence-electron chi connectivity index (χ3n) is 5.78. The summed E-state index contributed by atoms with van der Waals surface area (Å²) in [6, 6.07) is 0.619. The van der Waals surface area contributed by atoms with Crippen LogP contribution in [0.2, 0.25) is 0 Å². The Balaban J connectivity index is 1.30. The standard InChI is InChI=1S/C17H24N2O3S/c1-2-21-16(20)12-10-23-13(19-12)4-8-18-14-11-5-9-22-15(11)17(14)6-3-7-17/h10-11,14-15,18H,2-9H2,1H3/t11-,14?,15-/m1/s1. The summed E-state index contributed by atoms with van der Waals surface area (Å²) in [5.74, 6) is 0.392. The molecule has 4 rings (SSSR count).